The number of hydrogen-bond acceptors (Lipinski definition) is 3. The number of amides is 3. The van der Waals surface area contributed by atoms with Gasteiger partial charge in [0.15, 0.2) is 0 Å². The lowest BCUT2D eigenvalue weighted by atomic mass is 10.1. The molecule has 0 bridgehead atoms. The van der Waals surface area contributed by atoms with Crippen LogP contribution in [-0.4, -0.2) is 59.7 Å². The van der Waals surface area contributed by atoms with Gasteiger partial charge in [0.2, 0.25) is 17.7 Å². The van der Waals surface area contributed by atoms with Crippen LogP contribution in [0.4, 0.5) is 0 Å². The first kappa shape index (κ1) is 16.1. The standard InChI is InChI=1S/C15H15Cl2N3O3/c16-10-2-1-9(5-11(10)17)6-13(21)19-3-4-20-12(8-19)15(23)18-7-14(20)22/h1-2,5,12H,3-4,6-8H2,(H,18,23). The first-order valence-corrected chi connectivity index (χ1v) is 8.00. The van der Waals surface area contributed by atoms with Crippen LogP contribution in [0.5, 0.6) is 0 Å². The molecule has 3 amide bonds. The van der Waals surface area contributed by atoms with Crippen LogP contribution in [-0.2, 0) is 20.8 Å². The van der Waals surface area contributed by atoms with Gasteiger partial charge in [-0.25, -0.2) is 0 Å². The Kier molecular flexibility index (Phi) is 4.46. The van der Waals surface area contributed by atoms with Crippen LogP contribution in [0.1, 0.15) is 5.56 Å². The maximum Gasteiger partial charge on any atom is 0.245 e. The Bertz CT molecular complexity index is 680. The highest BCUT2D eigenvalue weighted by Crippen LogP contribution is 2.23. The second kappa shape index (κ2) is 6.37. The van der Waals surface area contributed by atoms with Crippen molar-refractivity contribution in [2.24, 2.45) is 0 Å². The van der Waals surface area contributed by atoms with Gasteiger partial charge >= 0.3 is 0 Å². The Hall–Kier alpha value is -1.79. The van der Waals surface area contributed by atoms with Gasteiger partial charge in [0.25, 0.3) is 0 Å². The molecule has 122 valence electrons. The van der Waals surface area contributed by atoms with Crippen molar-refractivity contribution in [3.63, 3.8) is 0 Å². The van der Waals surface area contributed by atoms with Crippen LogP contribution in [0.3, 0.4) is 0 Å². The molecule has 0 aromatic heterocycles. The number of carbonyl (C=O) groups excluding carboxylic acids is 3. The second-order valence-corrected chi connectivity index (χ2v) is 6.40. The van der Waals surface area contributed by atoms with E-state index < -0.39 is 6.04 Å². The van der Waals surface area contributed by atoms with Crippen LogP contribution in [0.15, 0.2) is 18.2 Å². The van der Waals surface area contributed by atoms with Crippen molar-refractivity contribution in [2.75, 3.05) is 26.2 Å². The third-order valence-electron chi connectivity index (χ3n) is 4.11. The number of nitrogens with zero attached hydrogens (tertiary/aromatic N) is 2. The quantitative estimate of drug-likeness (QED) is 0.849. The van der Waals surface area contributed by atoms with E-state index >= 15 is 0 Å². The summed E-state index contributed by atoms with van der Waals surface area (Å²) >= 11 is 11.8. The Morgan fingerprint density at radius 3 is 2.74 bits per heavy atom. The molecule has 2 aliphatic heterocycles. The van der Waals surface area contributed by atoms with E-state index in [4.69, 9.17) is 23.2 Å². The maximum atomic E-state index is 12.4. The molecule has 0 spiro atoms. The van der Waals surface area contributed by atoms with Crippen LogP contribution in [0.25, 0.3) is 0 Å². The molecule has 1 aromatic carbocycles. The van der Waals surface area contributed by atoms with E-state index in [1.807, 2.05) is 0 Å². The van der Waals surface area contributed by atoms with E-state index in [2.05, 4.69) is 5.32 Å². The Labute approximate surface area is 143 Å². The van der Waals surface area contributed by atoms with Gasteiger partial charge in [-0.1, -0.05) is 29.3 Å². The zero-order chi connectivity index (χ0) is 16.6. The summed E-state index contributed by atoms with van der Waals surface area (Å²) in [4.78, 5) is 39.3. The summed E-state index contributed by atoms with van der Waals surface area (Å²) < 4.78 is 0. The molecule has 2 aliphatic rings. The van der Waals surface area contributed by atoms with Gasteiger partial charge in [-0.2, -0.15) is 0 Å². The van der Waals surface area contributed by atoms with Gasteiger partial charge in [-0.15, -0.1) is 0 Å². The number of halogens is 2. The molecule has 1 N–H and O–H groups in total. The summed E-state index contributed by atoms with van der Waals surface area (Å²) in [7, 11) is 0. The predicted molar refractivity (Wildman–Crippen MR) is 85.3 cm³/mol. The average Bonchev–Trinajstić information content (AvgIpc) is 2.54. The van der Waals surface area contributed by atoms with E-state index in [1.54, 1.807) is 28.0 Å². The van der Waals surface area contributed by atoms with E-state index in [0.29, 0.717) is 23.1 Å². The lowest BCUT2D eigenvalue weighted by Crippen LogP contribution is -2.66. The summed E-state index contributed by atoms with van der Waals surface area (Å²) in [5.41, 5.74) is 0.760. The summed E-state index contributed by atoms with van der Waals surface area (Å²) in [6, 6.07) is 4.47. The molecular weight excluding hydrogens is 341 g/mol. The third-order valence-corrected chi connectivity index (χ3v) is 4.85. The van der Waals surface area contributed by atoms with Crippen LogP contribution in [0, 0.1) is 0 Å². The lowest BCUT2D eigenvalue weighted by molar-refractivity contribution is -0.152. The van der Waals surface area contributed by atoms with Crippen LogP contribution < -0.4 is 5.32 Å². The van der Waals surface area contributed by atoms with Gasteiger partial charge in [-0.3, -0.25) is 14.4 Å². The summed E-state index contributed by atoms with van der Waals surface area (Å²) in [6.07, 6.45) is 0.180. The number of piperazine rings is 2. The fraction of sp³-hybridized carbons (Fsp3) is 0.400. The summed E-state index contributed by atoms with van der Waals surface area (Å²) in [5.74, 6) is -0.420. The minimum atomic E-state index is -0.595. The second-order valence-electron chi connectivity index (χ2n) is 5.59. The molecule has 1 aromatic rings. The molecule has 23 heavy (non-hydrogen) atoms. The minimum Gasteiger partial charge on any atom is -0.345 e. The molecule has 0 saturated carbocycles. The molecule has 0 radical (unpaired) electrons. The largest absolute Gasteiger partial charge is 0.345 e. The SMILES string of the molecule is O=C1NCC(=O)N2CCN(C(=O)Cc3ccc(Cl)c(Cl)c3)CC12. The van der Waals surface area contributed by atoms with Crippen molar-refractivity contribution < 1.29 is 14.4 Å². The van der Waals surface area contributed by atoms with Gasteiger partial charge in [0.05, 0.1) is 29.6 Å². The Balaban J connectivity index is 1.67. The smallest absolute Gasteiger partial charge is 0.245 e. The van der Waals surface area contributed by atoms with Crippen molar-refractivity contribution in [1.82, 2.24) is 15.1 Å². The van der Waals surface area contributed by atoms with Gasteiger partial charge < -0.3 is 15.1 Å². The fourth-order valence-electron chi connectivity index (χ4n) is 2.85. The van der Waals surface area contributed by atoms with E-state index in [9.17, 15) is 14.4 Å². The van der Waals surface area contributed by atoms with Crippen LogP contribution in [0.2, 0.25) is 10.0 Å². The zero-order valence-electron chi connectivity index (χ0n) is 12.2. The predicted octanol–water partition coefficient (Wildman–Crippen LogP) is 0.705. The average molecular weight is 356 g/mol. The normalized spacial score (nSPS) is 21.0. The molecule has 6 nitrogen and oxygen atoms in total. The van der Waals surface area contributed by atoms with E-state index in [0.717, 1.165) is 5.56 Å². The third kappa shape index (κ3) is 3.28. The van der Waals surface area contributed by atoms with Crippen molar-refractivity contribution >= 4 is 40.9 Å². The molecule has 1 unspecified atom stereocenters. The van der Waals surface area contributed by atoms with Gasteiger partial charge in [0, 0.05) is 13.1 Å². The molecule has 8 heteroatoms. The van der Waals surface area contributed by atoms with Crippen molar-refractivity contribution in [3.05, 3.63) is 33.8 Å². The van der Waals surface area contributed by atoms with Gasteiger partial charge in [0.1, 0.15) is 6.04 Å². The number of benzene rings is 1. The topological polar surface area (TPSA) is 69.7 Å². The molecular formula is C15H15Cl2N3O3. The molecule has 3 rings (SSSR count). The van der Waals surface area contributed by atoms with Crippen molar-refractivity contribution in [2.45, 2.75) is 12.5 Å². The molecule has 2 heterocycles. The van der Waals surface area contributed by atoms with E-state index in [-0.39, 0.29) is 37.2 Å². The number of hydrogen-bond donors (Lipinski definition) is 1. The number of carbonyl (C=O) groups is 3. The highest BCUT2D eigenvalue weighted by atomic mass is 35.5. The Morgan fingerprint density at radius 2 is 2.00 bits per heavy atom. The molecule has 2 fully saturated rings. The monoisotopic (exact) mass is 355 g/mol. The van der Waals surface area contributed by atoms with E-state index in [1.165, 1.54) is 0 Å². The number of nitrogens with one attached hydrogen (secondary N) is 1. The molecule has 1 atom stereocenters. The zero-order valence-corrected chi connectivity index (χ0v) is 13.7. The number of rotatable bonds is 2. The van der Waals surface area contributed by atoms with Crippen molar-refractivity contribution in [1.29, 1.82) is 0 Å². The highest BCUT2D eigenvalue weighted by molar-refractivity contribution is 6.42. The van der Waals surface area contributed by atoms with Crippen molar-refractivity contribution in [3.8, 4) is 0 Å². The fourth-order valence-corrected chi connectivity index (χ4v) is 3.17. The highest BCUT2D eigenvalue weighted by Gasteiger charge is 2.39. The number of fused-ring (bicyclic) bond motifs is 1. The van der Waals surface area contributed by atoms with Crippen LogP contribution >= 0.6 is 23.2 Å². The molecule has 0 aliphatic carbocycles. The Morgan fingerprint density at radius 1 is 1.22 bits per heavy atom. The summed E-state index contributed by atoms with van der Waals surface area (Å²) in [5, 5.41) is 3.39. The lowest BCUT2D eigenvalue weighted by Gasteiger charge is -2.42. The first-order chi connectivity index (χ1) is 11.0. The maximum absolute atomic E-state index is 12.4. The summed E-state index contributed by atoms with van der Waals surface area (Å²) in [6.45, 7) is 1.06. The first-order valence-electron chi connectivity index (χ1n) is 7.24. The molecule has 2 saturated heterocycles. The minimum absolute atomic E-state index is 0.0343. The van der Waals surface area contributed by atoms with Gasteiger partial charge in [-0.05, 0) is 17.7 Å².